The molecule has 2 N–H and O–H groups in total. The van der Waals surface area contributed by atoms with Gasteiger partial charge in [0.2, 0.25) is 0 Å². The lowest BCUT2D eigenvalue weighted by atomic mass is 9.94. The van der Waals surface area contributed by atoms with Crippen LogP contribution in [-0.2, 0) is 6.42 Å². The van der Waals surface area contributed by atoms with Gasteiger partial charge in [-0.3, -0.25) is 5.32 Å². The van der Waals surface area contributed by atoms with E-state index in [1.54, 1.807) is 29.3 Å². The summed E-state index contributed by atoms with van der Waals surface area (Å²) in [6, 6.07) is 12.5. The number of anilines is 1. The van der Waals surface area contributed by atoms with Gasteiger partial charge in [0.15, 0.2) is 0 Å². The zero-order valence-corrected chi connectivity index (χ0v) is 13.3. The second kappa shape index (κ2) is 6.56. The van der Waals surface area contributed by atoms with E-state index in [-0.39, 0.29) is 12.6 Å². The Bertz CT molecular complexity index is 695. The van der Waals surface area contributed by atoms with E-state index >= 15 is 0 Å². The summed E-state index contributed by atoms with van der Waals surface area (Å²) in [6.07, 6.45) is 2.63. The van der Waals surface area contributed by atoms with E-state index < -0.39 is 5.60 Å². The highest BCUT2D eigenvalue weighted by Crippen LogP contribution is 2.27. The number of nitrogens with one attached hydrogen (secondary N) is 1. The van der Waals surface area contributed by atoms with Crippen molar-refractivity contribution in [1.82, 2.24) is 9.88 Å². The normalized spacial score (nSPS) is 20.5. The summed E-state index contributed by atoms with van der Waals surface area (Å²) in [6.45, 7) is 0.800. The highest BCUT2D eigenvalue weighted by Gasteiger charge is 2.38. The van der Waals surface area contributed by atoms with Crippen LogP contribution in [0, 0.1) is 0 Å². The maximum atomic E-state index is 12.3. The highest BCUT2D eigenvalue weighted by atomic mass is 35.5. The number of hydrogen-bond donors (Lipinski definition) is 2. The monoisotopic (exact) mass is 331 g/mol. The number of aliphatic hydroxyl groups is 1. The topological polar surface area (TPSA) is 65.5 Å². The third-order valence-electron chi connectivity index (χ3n) is 3.94. The first kappa shape index (κ1) is 15.8. The Morgan fingerprint density at radius 1 is 1.35 bits per heavy atom. The fourth-order valence-corrected chi connectivity index (χ4v) is 3.04. The van der Waals surface area contributed by atoms with Crippen molar-refractivity contribution < 1.29 is 9.90 Å². The van der Waals surface area contributed by atoms with Crippen LogP contribution in [0.15, 0.2) is 48.7 Å². The number of urea groups is 1. The number of rotatable bonds is 3. The lowest BCUT2D eigenvalue weighted by molar-refractivity contribution is 0.0534. The predicted octanol–water partition coefficient (Wildman–Crippen LogP) is 2.95. The zero-order chi connectivity index (χ0) is 16.3. The lowest BCUT2D eigenvalue weighted by Gasteiger charge is -2.23. The summed E-state index contributed by atoms with van der Waals surface area (Å²) < 4.78 is 0. The number of aromatic nitrogens is 1. The number of benzene rings is 1. The number of hydrogen-bond acceptors (Lipinski definition) is 3. The average molecular weight is 332 g/mol. The van der Waals surface area contributed by atoms with Gasteiger partial charge in [-0.1, -0.05) is 29.8 Å². The summed E-state index contributed by atoms with van der Waals surface area (Å²) in [5.41, 5.74) is 0.0403. The average Bonchev–Trinajstić information content (AvgIpc) is 2.90. The van der Waals surface area contributed by atoms with E-state index in [9.17, 15) is 9.90 Å². The molecular formula is C17H18ClN3O2. The van der Waals surface area contributed by atoms with Crippen LogP contribution in [0.2, 0.25) is 5.02 Å². The van der Waals surface area contributed by atoms with Crippen LogP contribution >= 0.6 is 11.6 Å². The molecule has 5 nitrogen and oxygen atoms in total. The molecule has 1 aromatic heterocycles. The number of β-amino-alcohol motifs (C(OH)–C–C–N with tert-alkyl or cyclic N) is 1. The van der Waals surface area contributed by atoms with Gasteiger partial charge >= 0.3 is 6.03 Å². The van der Waals surface area contributed by atoms with Crippen molar-refractivity contribution in [2.24, 2.45) is 0 Å². The molecule has 1 aliphatic rings. The van der Waals surface area contributed by atoms with E-state index in [4.69, 9.17) is 11.6 Å². The maximum absolute atomic E-state index is 12.3. The lowest BCUT2D eigenvalue weighted by Crippen LogP contribution is -2.39. The number of likely N-dealkylation sites (tertiary alicyclic amines) is 1. The Morgan fingerprint density at radius 3 is 2.96 bits per heavy atom. The summed E-state index contributed by atoms with van der Waals surface area (Å²) in [4.78, 5) is 17.9. The molecule has 120 valence electrons. The number of halogens is 1. The third-order valence-corrected chi connectivity index (χ3v) is 4.18. The van der Waals surface area contributed by atoms with Crippen molar-refractivity contribution in [3.05, 3.63) is 59.2 Å². The first-order chi connectivity index (χ1) is 11.0. The maximum Gasteiger partial charge on any atom is 0.323 e. The summed E-state index contributed by atoms with van der Waals surface area (Å²) >= 11 is 5.98. The van der Waals surface area contributed by atoms with Crippen molar-refractivity contribution in [3.63, 3.8) is 0 Å². The van der Waals surface area contributed by atoms with Crippen molar-refractivity contribution in [1.29, 1.82) is 0 Å². The molecule has 2 aromatic rings. The Kier molecular flexibility index (Phi) is 4.50. The Hall–Kier alpha value is -2.11. The molecule has 3 rings (SSSR count). The van der Waals surface area contributed by atoms with E-state index in [1.165, 1.54) is 0 Å². The van der Waals surface area contributed by atoms with Crippen LogP contribution in [0.3, 0.4) is 0 Å². The molecule has 1 aromatic carbocycles. The molecular weight excluding hydrogens is 314 g/mol. The molecule has 1 atom stereocenters. The van der Waals surface area contributed by atoms with Gasteiger partial charge < -0.3 is 10.0 Å². The summed E-state index contributed by atoms with van der Waals surface area (Å²) in [7, 11) is 0. The molecule has 1 aliphatic heterocycles. The molecule has 0 bridgehead atoms. The minimum absolute atomic E-state index is 0.245. The number of pyridine rings is 1. The van der Waals surface area contributed by atoms with E-state index in [1.807, 2.05) is 24.3 Å². The van der Waals surface area contributed by atoms with E-state index in [0.29, 0.717) is 30.2 Å². The molecule has 23 heavy (non-hydrogen) atoms. The molecule has 0 spiro atoms. The van der Waals surface area contributed by atoms with Crippen molar-refractivity contribution in [2.45, 2.75) is 18.4 Å². The predicted molar refractivity (Wildman–Crippen MR) is 89.6 cm³/mol. The minimum atomic E-state index is -0.924. The van der Waals surface area contributed by atoms with Gasteiger partial charge in [-0.25, -0.2) is 9.78 Å². The Balaban J connectivity index is 1.62. The summed E-state index contributed by atoms with van der Waals surface area (Å²) in [5, 5.41) is 14.1. The number of carbonyl (C=O) groups excluding carboxylic acids is 1. The molecule has 2 amide bonds. The molecule has 6 heteroatoms. The van der Waals surface area contributed by atoms with Crippen LogP contribution in [0.4, 0.5) is 10.6 Å². The SMILES string of the molecule is O=C(Nc1ccccn1)N1CCC(O)(Cc2cccc(Cl)c2)C1. The standard InChI is InChI=1S/C17H18ClN3O2/c18-14-5-3-4-13(10-14)11-17(23)7-9-21(12-17)16(22)20-15-6-1-2-8-19-15/h1-6,8,10,23H,7,9,11-12H2,(H,19,20,22). The molecule has 1 unspecified atom stereocenters. The Labute approximate surface area is 139 Å². The van der Waals surface area contributed by atoms with E-state index in [0.717, 1.165) is 5.56 Å². The number of nitrogens with zero attached hydrogens (tertiary/aromatic N) is 2. The van der Waals surface area contributed by atoms with Gasteiger partial charge in [0, 0.05) is 24.2 Å². The fourth-order valence-electron chi connectivity index (χ4n) is 2.83. The zero-order valence-electron chi connectivity index (χ0n) is 12.6. The van der Waals surface area contributed by atoms with Gasteiger partial charge in [0.25, 0.3) is 0 Å². The van der Waals surface area contributed by atoms with Crippen molar-refractivity contribution >= 4 is 23.4 Å². The second-order valence-corrected chi connectivity index (χ2v) is 6.28. The molecule has 2 heterocycles. The van der Waals surface area contributed by atoms with Crippen LogP contribution in [-0.4, -0.2) is 39.7 Å². The Morgan fingerprint density at radius 2 is 2.22 bits per heavy atom. The summed E-state index contributed by atoms with van der Waals surface area (Å²) in [5.74, 6) is 0.503. The van der Waals surface area contributed by atoms with Crippen LogP contribution in [0.25, 0.3) is 0 Å². The van der Waals surface area contributed by atoms with Gasteiger partial charge in [-0.2, -0.15) is 0 Å². The third kappa shape index (κ3) is 4.00. The van der Waals surface area contributed by atoms with Crippen LogP contribution < -0.4 is 5.32 Å². The second-order valence-electron chi connectivity index (χ2n) is 5.85. The first-order valence-electron chi connectivity index (χ1n) is 7.48. The minimum Gasteiger partial charge on any atom is -0.388 e. The van der Waals surface area contributed by atoms with Crippen molar-refractivity contribution in [3.8, 4) is 0 Å². The number of carbonyl (C=O) groups is 1. The van der Waals surface area contributed by atoms with Crippen LogP contribution in [0.5, 0.6) is 0 Å². The molecule has 1 fully saturated rings. The fraction of sp³-hybridized carbons (Fsp3) is 0.294. The van der Waals surface area contributed by atoms with Gasteiger partial charge in [0.1, 0.15) is 5.82 Å². The molecule has 0 radical (unpaired) electrons. The smallest absolute Gasteiger partial charge is 0.323 e. The van der Waals surface area contributed by atoms with E-state index in [2.05, 4.69) is 10.3 Å². The molecule has 0 saturated carbocycles. The highest BCUT2D eigenvalue weighted by molar-refractivity contribution is 6.30. The molecule has 0 aliphatic carbocycles. The van der Waals surface area contributed by atoms with Crippen LogP contribution in [0.1, 0.15) is 12.0 Å². The molecule has 1 saturated heterocycles. The van der Waals surface area contributed by atoms with Gasteiger partial charge in [0.05, 0.1) is 12.1 Å². The quantitative estimate of drug-likeness (QED) is 0.908. The van der Waals surface area contributed by atoms with Crippen molar-refractivity contribution in [2.75, 3.05) is 18.4 Å². The largest absolute Gasteiger partial charge is 0.388 e. The van der Waals surface area contributed by atoms with Gasteiger partial charge in [-0.15, -0.1) is 0 Å². The van der Waals surface area contributed by atoms with Gasteiger partial charge in [-0.05, 0) is 36.2 Å². The number of amides is 2. The first-order valence-corrected chi connectivity index (χ1v) is 7.86.